The zero-order valence-corrected chi connectivity index (χ0v) is 13.8. The average molecular weight is 319 g/mol. The molecule has 1 fully saturated rings. The first kappa shape index (κ1) is 15.2. The third-order valence-electron chi connectivity index (χ3n) is 4.43. The Balaban J connectivity index is 1.84. The van der Waals surface area contributed by atoms with Gasteiger partial charge in [-0.3, -0.25) is 9.36 Å². The molecule has 1 aliphatic rings. The van der Waals surface area contributed by atoms with Crippen LogP contribution in [0.5, 0.6) is 0 Å². The highest BCUT2D eigenvalue weighted by molar-refractivity contribution is 7.12. The number of likely N-dealkylation sites (tertiary alicyclic amines) is 1. The molecule has 3 rings (SSSR count). The van der Waals surface area contributed by atoms with E-state index >= 15 is 0 Å². The number of rotatable bonds is 3. The molecule has 0 spiro atoms. The second kappa shape index (κ2) is 6.22. The number of aryl methyl sites for hydroxylation is 1. The van der Waals surface area contributed by atoms with E-state index in [9.17, 15) is 9.90 Å². The van der Waals surface area contributed by atoms with Crippen molar-refractivity contribution in [2.24, 2.45) is 5.92 Å². The Morgan fingerprint density at radius 2 is 2.14 bits per heavy atom. The second-order valence-electron chi connectivity index (χ2n) is 5.85. The zero-order valence-electron chi connectivity index (χ0n) is 13.0. The van der Waals surface area contributed by atoms with Gasteiger partial charge in [-0.1, -0.05) is 0 Å². The molecule has 3 heterocycles. The molecule has 0 aromatic carbocycles. The van der Waals surface area contributed by atoms with E-state index in [1.54, 1.807) is 17.5 Å². The van der Waals surface area contributed by atoms with Gasteiger partial charge in [-0.05, 0) is 38.7 Å². The Bertz CT molecular complexity index is 655. The Kier molecular flexibility index (Phi) is 4.31. The van der Waals surface area contributed by atoms with E-state index in [1.165, 1.54) is 0 Å². The topological polar surface area (TPSA) is 58.4 Å². The van der Waals surface area contributed by atoms with Crippen LogP contribution in [0.1, 0.15) is 34.6 Å². The summed E-state index contributed by atoms with van der Waals surface area (Å²) in [6.07, 6.45) is 3.54. The van der Waals surface area contributed by atoms with E-state index in [4.69, 9.17) is 0 Å². The smallest absolute Gasteiger partial charge is 0.255 e. The number of carbonyl (C=O) groups excluding carboxylic acids is 1. The van der Waals surface area contributed by atoms with Gasteiger partial charge in [0.15, 0.2) is 5.13 Å². The molecule has 1 saturated heterocycles. The summed E-state index contributed by atoms with van der Waals surface area (Å²) in [6, 6.07) is 1.96. The molecule has 0 unspecified atom stereocenters. The van der Waals surface area contributed by atoms with Crippen molar-refractivity contribution in [3.8, 4) is 5.13 Å². The molecule has 6 heteroatoms. The molecule has 2 aromatic rings. The van der Waals surface area contributed by atoms with Crippen LogP contribution in [-0.2, 0) is 0 Å². The number of aliphatic hydroxyl groups excluding tert-OH is 1. The minimum absolute atomic E-state index is 0.0901. The number of aliphatic hydroxyl groups is 1. The van der Waals surface area contributed by atoms with Gasteiger partial charge in [-0.15, -0.1) is 11.3 Å². The lowest BCUT2D eigenvalue weighted by Gasteiger charge is -2.31. The number of piperidine rings is 1. The average Bonchev–Trinajstić information content (AvgIpc) is 3.14. The van der Waals surface area contributed by atoms with Gasteiger partial charge in [0.1, 0.15) is 0 Å². The quantitative estimate of drug-likeness (QED) is 0.945. The van der Waals surface area contributed by atoms with E-state index in [1.807, 2.05) is 34.8 Å². The summed E-state index contributed by atoms with van der Waals surface area (Å²) in [4.78, 5) is 19.0. The van der Waals surface area contributed by atoms with Gasteiger partial charge in [0.2, 0.25) is 0 Å². The number of thiazole rings is 1. The molecule has 22 heavy (non-hydrogen) atoms. The highest BCUT2D eigenvalue weighted by Crippen LogP contribution is 2.25. The first-order chi connectivity index (χ1) is 10.6. The molecule has 0 atom stereocenters. The number of amides is 1. The number of carbonyl (C=O) groups is 1. The standard InChI is InChI=1S/C16H21N3O2S/c1-11-9-14(12(2)19(11)16-17-5-8-22-16)15(21)18-6-3-13(10-20)4-7-18/h5,8-9,13,20H,3-4,6-7,10H2,1-2H3. The normalized spacial score (nSPS) is 16.2. The van der Waals surface area contributed by atoms with Gasteiger partial charge in [0, 0.05) is 42.7 Å². The molecule has 5 nitrogen and oxygen atoms in total. The predicted molar refractivity (Wildman–Crippen MR) is 86.6 cm³/mol. The van der Waals surface area contributed by atoms with Crippen LogP contribution >= 0.6 is 11.3 Å². The molecule has 1 aliphatic heterocycles. The fourth-order valence-corrected chi connectivity index (χ4v) is 3.84. The number of nitrogens with zero attached hydrogens (tertiary/aromatic N) is 3. The fourth-order valence-electron chi connectivity index (χ4n) is 3.09. The summed E-state index contributed by atoms with van der Waals surface area (Å²) in [7, 11) is 0. The Morgan fingerprint density at radius 3 is 2.73 bits per heavy atom. The summed E-state index contributed by atoms with van der Waals surface area (Å²) < 4.78 is 2.04. The van der Waals surface area contributed by atoms with Crippen LogP contribution in [0.4, 0.5) is 0 Å². The summed E-state index contributed by atoms with van der Waals surface area (Å²) >= 11 is 1.57. The van der Waals surface area contributed by atoms with Crippen molar-refractivity contribution in [2.45, 2.75) is 26.7 Å². The van der Waals surface area contributed by atoms with Crippen LogP contribution < -0.4 is 0 Å². The van der Waals surface area contributed by atoms with Gasteiger partial charge in [-0.2, -0.15) is 0 Å². The van der Waals surface area contributed by atoms with Crippen molar-refractivity contribution in [1.29, 1.82) is 0 Å². The summed E-state index contributed by atoms with van der Waals surface area (Å²) in [5.74, 6) is 0.430. The van der Waals surface area contributed by atoms with Crippen LogP contribution in [0.2, 0.25) is 0 Å². The third kappa shape index (κ3) is 2.68. The first-order valence-electron chi connectivity index (χ1n) is 7.60. The fraction of sp³-hybridized carbons (Fsp3) is 0.500. The van der Waals surface area contributed by atoms with Crippen LogP contribution in [-0.4, -0.2) is 45.2 Å². The SMILES string of the molecule is Cc1cc(C(=O)N2CCC(CO)CC2)c(C)n1-c1nccs1. The van der Waals surface area contributed by atoms with Crippen molar-refractivity contribution in [3.63, 3.8) is 0 Å². The molecular weight excluding hydrogens is 298 g/mol. The molecule has 1 amide bonds. The largest absolute Gasteiger partial charge is 0.396 e. The van der Waals surface area contributed by atoms with Gasteiger partial charge in [-0.25, -0.2) is 4.98 Å². The van der Waals surface area contributed by atoms with Crippen molar-refractivity contribution in [2.75, 3.05) is 19.7 Å². The first-order valence-corrected chi connectivity index (χ1v) is 8.48. The van der Waals surface area contributed by atoms with E-state index in [0.717, 1.165) is 48.0 Å². The predicted octanol–water partition coefficient (Wildman–Crippen LogP) is 2.40. The number of hydrogen-bond donors (Lipinski definition) is 1. The summed E-state index contributed by atoms with van der Waals surface area (Å²) in [6.45, 7) is 5.65. The maximum Gasteiger partial charge on any atom is 0.255 e. The maximum absolute atomic E-state index is 12.8. The molecule has 0 radical (unpaired) electrons. The van der Waals surface area contributed by atoms with Gasteiger partial charge in [0.05, 0.1) is 5.56 Å². The minimum atomic E-state index is 0.0901. The minimum Gasteiger partial charge on any atom is -0.396 e. The van der Waals surface area contributed by atoms with Gasteiger partial charge >= 0.3 is 0 Å². The molecular formula is C16H21N3O2S. The van der Waals surface area contributed by atoms with Gasteiger partial charge in [0.25, 0.3) is 5.91 Å². The van der Waals surface area contributed by atoms with Crippen LogP contribution in [0.15, 0.2) is 17.6 Å². The highest BCUT2D eigenvalue weighted by Gasteiger charge is 2.26. The lowest BCUT2D eigenvalue weighted by atomic mass is 9.97. The second-order valence-corrected chi connectivity index (χ2v) is 6.73. The van der Waals surface area contributed by atoms with Gasteiger partial charge < -0.3 is 10.0 Å². The molecule has 0 saturated carbocycles. The molecule has 0 bridgehead atoms. The lowest BCUT2D eigenvalue weighted by Crippen LogP contribution is -2.39. The lowest BCUT2D eigenvalue weighted by molar-refractivity contribution is 0.0650. The van der Waals surface area contributed by atoms with E-state index in [-0.39, 0.29) is 12.5 Å². The van der Waals surface area contributed by atoms with E-state index < -0.39 is 0 Å². The Labute approximate surface area is 134 Å². The van der Waals surface area contributed by atoms with E-state index in [0.29, 0.717) is 5.92 Å². The maximum atomic E-state index is 12.8. The zero-order chi connectivity index (χ0) is 15.7. The Morgan fingerprint density at radius 1 is 1.41 bits per heavy atom. The van der Waals surface area contributed by atoms with E-state index in [2.05, 4.69) is 4.98 Å². The summed E-state index contributed by atoms with van der Waals surface area (Å²) in [5, 5.41) is 12.0. The molecule has 2 aromatic heterocycles. The van der Waals surface area contributed by atoms with Crippen molar-refractivity contribution >= 4 is 17.2 Å². The Hall–Kier alpha value is -1.66. The van der Waals surface area contributed by atoms with Crippen LogP contribution in [0, 0.1) is 19.8 Å². The molecule has 118 valence electrons. The van der Waals surface area contributed by atoms with Crippen LogP contribution in [0.25, 0.3) is 5.13 Å². The third-order valence-corrected chi connectivity index (χ3v) is 5.19. The van der Waals surface area contributed by atoms with Crippen molar-refractivity contribution in [3.05, 3.63) is 34.6 Å². The number of hydrogen-bond acceptors (Lipinski definition) is 4. The highest BCUT2D eigenvalue weighted by atomic mass is 32.1. The van der Waals surface area contributed by atoms with Crippen LogP contribution in [0.3, 0.4) is 0 Å². The van der Waals surface area contributed by atoms with Crippen molar-refractivity contribution in [1.82, 2.24) is 14.5 Å². The number of aromatic nitrogens is 2. The van der Waals surface area contributed by atoms with Crippen molar-refractivity contribution < 1.29 is 9.90 Å². The summed E-state index contributed by atoms with van der Waals surface area (Å²) in [5.41, 5.74) is 2.73. The monoisotopic (exact) mass is 319 g/mol. The molecule has 0 aliphatic carbocycles. The molecule has 1 N–H and O–H groups in total.